The molecule has 1 aliphatic rings. The van der Waals surface area contributed by atoms with Gasteiger partial charge in [0.15, 0.2) is 0 Å². The van der Waals surface area contributed by atoms with Crippen LogP contribution in [0.1, 0.15) is 31.4 Å². The zero-order valence-corrected chi connectivity index (χ0v) is 18.9. The van der Waals surface area contributed by atoms with Crippen molar-refractivity contribution in [1.82, 2.24) is 4.90 Å². The molecule has 7 heteroatoms. The van der Waals surface area contributed by atoms with Crippen molar-refractivity contribution in [2.75, 3.05) is 19.0 Å². The van der Waals surface area contributed by atoms with E-state index in [2.05, 4.69) is 5.32 Å². The molecule has 6 nitrogen and oxygen atoms in total. The molecule has 5 rings (SSSR count). The van der Waals surface area contributed by atoms with Gasteiger partial charge in [0, 0.05) is 41.9 Å². The third kappa shape index (κ3) is 4.40. The highest BCUT2D eigenvalue weighted by Crippen LogP contribution is 2.31. The molecule has 0 saturated heterocycles. The molecule has 166 valence electrons. The highest BCUT2D eigenvalue weighted by Gasteiger charge is 2.25. The molecule has 2 aromatic carbocycles. The Hall–Kier alpha value is -3.84. The molecular formula is C26H22N2O4S. The second-order valence-electron chi connectivity index (χ2n) is 7.77. The van der Waals surface area contributed by atoms with Crippen molar-refractivity contribution in [1.29, 1.82) is 0 Å². The largest absolute Gasteiger partial charge is 0.497 e. The molecule has 0 unspecified atom stereocenters. The Morgan fingerprint density at radius 3 is 2.55 bits per heavy atom. The lowest BCUT2D eigenvalue weighted by molar-refractivity contribution is 0.0730. The Morgan fingerprint density at radius 2 is 1.85 bits per heavy atom. The van der Waals surface area contributed by atoms with Gasteiger partial charge in [-0.3, -0.25) is 9.59 Å². The van der Waals surface area contributed by atoms with Gasteiger partial charge in [0.1, 0.15) is 17.3 Å². The van der Waals surface area contributed by atoms with Crippen molar-refractivity contribution in [2.45, 2.75) is 13.0 Å². The highest BCUT2D eigenvalue weighted by molar-refractivity contribution is 7.12. The summed E-state index contributed by atoms with van der Waals surface area (Å²) in [5, 5.41) is 4.78. The van der Waals surface area contributed by atoms with E-state index in [1.807, 2.05) is 46.7 Å². The number of methoxy groups -OCH3 is 1. The van der Waals surface area contributed by atoms with Crippen LogP contribution in [0, 0.1) is 0 Å². The number of thiophene rings is 1. The van der Waals surface area contributed by atoms with Gasteiger partial charge in [-0.05, 0) is 66.0 Å². The van der Waals surface area contributed by atoms with Gasteiger partial charge in [-0.2, -0.15) is 0 Å². The van der Waals surface area contributed by atoms with E-state index in [1.165, 1.54) is 11.3 Å². The van der Waals surface area contributed by atoms with E-state index in [9.17, 15) is 9.59 Å². The van der Waals surface area contributed by atoms with Crippen LogP contribution in [0.4, 0.5) is 5.69 Å². The van der Waals surface area contributed by atoms with Crippen molar-refractivity contribution in [3.05, 3.63) is 93.9 Å². The fourth-order valence-electron chi connectivity index (χ4n) is 3.88. The molecule has 1 aliphatic heterocycles. The monoisotopic (exact) mass is 458 g/mol. The minimum absolute atomic E-state index is 0.00288. The van der Waals surface area contributed by atoms with Gasteiger partial charge >= 0.3 is 0 Å². The Kier molecular flexibility index (Phi) is 5.71. The number of amides is 2. The number of carbonyl (C=O) groups excluding carboxylic acids is 2. The SMILES string of the molecule is COc1ccc(C(=O)N2CCc3oc(-c4ccc(NC(=O)c5cccs5)cc4)cc3C2)cc1. The van der Waals surface area contributed by atoms with Gasteiger partial charge in [0.25, 0.3) is 11.8 Å². The van der Waals surface area contributed by atoms with Crippen molar-refractivity contribution < 1.29 is 18.7 Å². The Morgan fingerprint density at radius 1 is 1.06 bits per heavy atom. The number of furan rings is 1. The number of hydrogen-bond donors (Lipinski definition) is 1. The Bertz CT molecular complexity index is 1280. The molecule has 4 aromatic rings. The van der Waals surface area contributed by atoms with Gasteiger partial charge in [-0.1, -0.05) is 6.07 Å². The number of anilines is 1. The standard InChI is InChI=1S/C26H22N2O4S/c1-31-21-10-6-18(7-11-21)26(30)28-13-12-22-19(16-28)15-23(32-22)17-4-8-20(9-5-17)27-25(29)24-3-2-14-33-24/h2-11,14-15H,12-13,16H2,1H3,(H,27,29). The van der Waals surface area contributed by atoms with Crippen LogP contribution in [0.5, 0.6) is 5.75 Å². The lowest BCUT2D eigenvalue weighted by Crippen LogP contribution is -2.35. The fraction of sp³-hybridized carbons (Fsp3) is 0.154. The summed E-state index contributed by atoms with van der Waals surface area (Å²) in [5.74, 6) is 2.28. The minimum Gasteiger partial charge on any atom is -0.497 e. The predicted molar refractivity (Wildman–Crippen MR) is 128 cm³/mol. The Balaban J connectivity index is 1.27. The van der Waals surface area contributed by atoms with Crippen molar-refractivity contribution in [2.24, 2.45) is 0 Å². The maximum atomic E-state index is 12.9. The molecular weight excluding hydrogens is 436 g/mol. The van der Waals surface area contributed by atoms with Crippen molar-refractivity contribution in [3.63, 3.8) is 0 Å². The summed E-state index contributed by atoms with van der Waals surface area (Å²) in [6.45, 7) is 1.12. The molecule has 0 fully saturated rings. The van der Waals surface area contributed by atoms with Crippen LogP contribution in [0.15, 0.2) is 76.5 Å². The first-order valence-corrected chi connectivity index (χ1v) is 11.5. The van der Waals surface area contributed by atoms with Crippen LogP contribution in [-0.2, 0) is 13.0 Å². The lowest BCUT2D eigenvalue weighted by atomic mass is 10.1. The van der Waals surface area contributed by atoms with Crippen LogP contribution in [0.2, 0.25) is 0 Å². The number of nitrogens with zero attached hydrogens (tertiary/aromatic N) is 1. The van der Waals surface area contributed by atoms with E-state index >= 15 is 0 Å². The first kappa shape index (κ1) is 21.0. The second-order valence-corrected chi connectivity index (χ2v) is 8.72. The van der Waals surface area contributed by atoms with Gasteiger partial charge in [-0.15, -0.1) is 11.3 Å². The molecule has 0 aliphatic carbocycles. The van der Waals surface area contributed by atoms with Crippen LogP contribution in [0.25, 0.3) is 11.3 Å². The molecule has 0 radical (unpaired) electrons. The number of hydrogen-bond acceptors (Lipinski definition) is 5. The van der Waals surface area contributed by atoms with E-state index in [-0.39, 0.29) is 11.8 Å². The van der Waals surface area contributed by atoms with Crippen molar-refractivity contribution in [3.8, 4) is 17.1 Å². The van der Waals surface area contributed by atoms with Gasteiger partial charge in [0.2, 0.25) is 0 Å². The third-order valence-electron chi connectivity index (χ3n) is 5.66. The first-order valence-electron chi connectivity index (χ1n) is 10.6. The van der Waals surface area contributed by atoms with E-state index < -0.39 is 0 Å². The first-order chi connectivity index (χ1) is 16.1. The van der Waals surface area contributed by atoms with Crippen molar-refractivity contribution >= 4 is 28.8 Å². The number of rotatable bonds is 5. The quantitative estimate of drug-likeness (QED) is 0.431. The zero-order chi connectivity index (χ0) is 22.8. The summed E-state index contributed by atoms with van der Waals surface area (Å²) >= 11 is 1.41. The molecule has 0 atom stereocenters. The number of nitrogens with one attached hydrogen (secondary N) is 1. The van der Waals surface area contributed by atoms with E-state index in [1.54, 1.807) is 37.4 Å². The zero-order valence-electron chi connectivity index (χ0n) is 18.0. The average molecular weight is 459 g/mol. The smallest absolute Gasteiger partial charge is 0.265 e. The lowest BCUT2D eigenvalue weighted by Gasteiger charge is -2.26. The van der Waals surface area contributed by atoms with E-state index in [4.69, 9.17) is 9.15 Å². The molecule has 0 bridgehead atoms. The van der Waals surface area contributed by atoms with E-state index in [0.29, 0.717) is 30.0 Å². The number of fused-ring (bicyclic) bond motifs is 1. The van der Waals surface area contributed by atoms with Gasteiger partial charge in [0.05, 0.1) is 12.0 Å². The topological polar surface area (TPSA) is 71.8 Å². The molecule has 1 N–H and O–H groups in total. The predicted octanol–water partition coefficient (Wildman–Crippen LogP) is 5.47. The van der Waals surface area contributed by atoms with Gasteiger partial charge < -0.3 is 19.4 Å². The molecule has 0 spiro atoms. The molecule has 33 heavy (non-hydrogen) atoms. The van der Waals surface area contributed by atoms with Gasteiger partial charge in [-0.25, -0.2) is 0 Å². The van der Waals surface area contributed by atoms with Crippen LogP contribution in [-0.4, -0.2) is 30.4 Å². The second kappa shape index (κ2) is 8.96. The molecule has 2 aromatic heterocycles. The average Bonchev–Trinajstić information content (AvgIpc) is 3.54. The van der Waals surface area contributed by atoms with Crippen LogP contribution >= 0.6 is 11.3 Å². The molecule has 0 saturated carbocycles. The molecule has 3 heterocycles. The maximum absolute atomic E-state index is 12.9. The van der Waals surface area contributed by atoms with Crippen LogP contribution < -0.4 is 10.1 Å². The number of carbonyl (C=O) groups is 2. The Labute approximate surface area is 195 Å². The maximum Gasteiger partial charge on any atom is 0.265 e. The normalized spacial score (nSPS) is 12.8. The van der Waals surface area contributed by atoms with Crippen LogP contribution in [0.3, 0.4) is 0 Å². The minimum atomic E-state index is -0.118. The summed E-state index contributed by atoms with van der Waals surface area (Å²) in [6.07, 6.45) is 0.673. The number of ether oxygens (including phenoxy) is 1. The highest BCUT2D eigenvalue weighted by atomic mass is 32.1. The number of benzene rings is 2. The molecule has 2 amide bonds. The summed E-state index contributed by atoms with van der Waals surface area (Å²) < 4.78 is 11.3. The summed E-state index contributed by atoms with van der Waals surface area (Å²) in [5.41, 5.74) is 3.31. The third-order valence-corrected chi connectivity index (χ3v) is 6.53. The summed E-state index contributed by atoms with van der Waals surface area (Å²) in [7, 11) is 1.61. The fourth-order valence-corrected chi connectivity index (χ4v) is 4.50. The summed E-state index contributed by atoms with van der Waals surface area (Å²) in [4.78, 5) is 27.7. The summed E-state index contributed by atoms with van der Waals surface area (Å²) in [6, 6.07) is 20.4. The van der Waals surface area contributed by atoms with E-state index in [0.717, 1.165) is 34.1 Å².